The van der Waals surface area contributed by atoms with Crippen molar-refractivity contribution in [2.75, 3.05) is 31.6 Å². The molecular formula is C34H39FN2O5. The normalized spacial score (nSPS) is 20.0. The number of ether oxygens (including phenoxy) is 2. The van der Waals surface area contributed by atoms with Crippen LogP contribution in [0.15, 0.2) is 54.6 Å². The van der Waals surface area contributed by atoms with Gasteiger partial charge in [-0.15, -0.1) is 0 Å². The van der Waals surface area contributed by atoms with Gasteiger partial charge in [0.2, 0.25) is 5.91 Å². The summed E-state index contributed by atoms with van der Waals surface area (Å²) in [7, 11) is 0. The fourth-order valence-corrected chi connectivity index (χ4v) is 6.40. The van der Waals surface area contributed by atoms with Crippen LogP contribution in [0.25, 0.3) is 0 Å². The van der Waals surface area contributed by atoms with Crippen LogP contribution in [0.3, 0.4) is 0 Å². The maximum atomic E-state index is 14.2. The summed E-state index contributed by atoms with van der Waals surface area (Å²) in [5.74, 6) is -1.41. The standard InChI is InChI=1S/C34H39FN2O5/c1-4-7-21-8-10-24(11-9-21)33-31(34(39)40)27(25-12-13-28-29(18-25)42-15-14-41-28)19-37(33)20-30(38)36-32-22(5-2)16-26(35)17-23(32)6-3/h8-13,16-18,27,31,33H,4-7,14-15,19-20H2,1-3H3,(H,36,38)(H,39,40)/t27-,31?,33+/m1/s1. The average molecular weight is 575 g/mol. The van der Waals surface area contributed by atoms with Crippen LogP contribution in [0.4, 0.5) is 10.1 Å². The van der Waals surface area contributed by atoms with E-state index < -0.39 is 17.9 Å². The summed E-state index contributed by atoms with van der Waals surface area (Å²) in [5.41, 5.74) is 5.01. The minimum Gasteiger partial charge on any atom is -0.486 e. The first-order valence-corrected chi connectivity index (χ1v) is 14.9. The maximum absolute atomic E-state index is 14.2. The van der Waals surface area contributed by atoms with Crippen LogP contribution in [0, 0.1) is 11.7 Å². The zero-order valence-electron chi connectivity index (χ0n) is 24.5. The second kappa shape index (κ2) is 12.9. The Kier molecular flexibility index (Phi) is 9.12. The van der Waals surface area contributed by atoms with Crippen molar-refractivity contribution >= 4 is 17.6 Å². The van der Waals surface area contributed by atoms with Gasteiger partial charge in [0.15, 0.2) is 11.5 Å². The zero-order chi connectivity index (χ0) is 29.8. The number of amides is 1. The van der Waals surface area contributed by atoms with Crippen molar-refractivity contribution in [3.63, 3.8) is 0 Å². The molecule has 42 heavy (non-hydrogen) atoms. The summed E-state index contributed by atoms with van der Waals surface area (Å²) in [6, 6.07) is 16.1. The number of rotatable bonds is 10. The van der Waals surface area contributed by atoms with Gasteiger partial charge in [-0.3, -0.25) is 14.5 Å². The Labute approximate surface area is 246 Å². The lowest BCUT2D eigenvalue weighted by molar-refractivity contribution is -0.143. The fourth-order valence-electron chi connectivity index (χ4n) is 6.40. The van der Waals surface area contributed by atoms with E-state index in [-0.39, 0.29) is 24.2 Å². The van der Waals surface area contributed by atoms with Gasteiger partial charge in [0.1, 0.15) is 19.0 Å². The zero-order valence-corrected chi connectivity index (χ0v) is 24.5. The second-order valence-corrected chi connectivity index (χ2v) is 11.1. The molecule has 0 bridgehead atoms. The Morgan fingerprint density at radius 3 is 2.19 bits per heavy atom. The summed E-state index contributed by atoms with van der Waals surface area (Å²) >= 11 is 0. The van der Waals surface area contributed by atoms with E-state index in [1.165, 1.54) is 17.7 Å². The van der Waals surface area contributed by atoms with Crippen LogP contribution in [0.5, 0.6) is 11.5 Å². The number of anilines is 1. The molecule has 0 aliphatic carbocycles. The van der Waals surface area contributed by atoms with Gasteiger partial charge in [-0.05, 0) is 71.3 Å². The molecule has 3 aromatic rings. The van der Waals surface area contributed by atoms with Crippen molar-refractivity contribution in [2.45, 2.75) is 58.4 Å². The molecule has 1 amide bonds. The molecule has 1 fully saturated rings. The van der Waals surface area contributed by atoms with Crippen molar-refractivity contribution in [1.82, 2.24) is 4.90 Å². The molecule has 222 valence electrons. The molecule has 0 spiro atoms. The summed E-state index contributed by atoms with van der Waals surface area (Å²) in [5, 5.41) is 13.6. The molecule has 1 saturated heterocycles. The number of carbonyl (C=O) groups excluding carboxylic acids is 1. The predicted octanol–water partition coefficient (Wildman–Crippen LogP) is 6.15. The van der Waals surface area contributed by atoms with Crippen molar-refractivity contribution in [2.24, 2.45) is 5.92 Å². The highest BCUT2D eigenvalue weighted by Crippen LogP contribution is 2.47. The van der Waals surface area contributed by atoms with Crippen LogP contribution in [0.2, 0.25) is 0 Å². The Bertz CT molecular complexity index is 1420. The van der Waals surface area contributed by atoms with Gasteiger partial charge in [-0.2, -0.15) is 0 Å². The van der Waals surface area contributed by atoms with Gasteiger partial charge >= 0.3 is 5.97 Å². The Morgan fingerprint density at radius 1 is 0.929 bits per heavy atom. The highest BCUT2D eigenvalue weighted by molar-refractivity contribution is 5.94. The third-order valence-electron chi connectivity index (χ3n) is 8.38. The number of carboxylic acid groups (broad SMARTS) is 1. The van der Waals surface area contributed by atoms with E-state index in [0.717, 1.165) is 35.1 Å². The molecule has 1 unspecified atom stereocenters. The van der Waals surface area contributed by atoms with E-state index in [9.17, 15) is 19.1 Å². The SMILES string of the molecule is CCCc1ccc([C@H]2C(C(=O)O)[C@@H](c3ccc4c(c3)OCCO4)CN2CC(=O)Nc2c(CC)cc(F)cc2CC)cc1. The number of likely N-dealkylation sites (tertiary alicyclic amines) is 1. The summed E-state index contributed by atoms with van der Waals surface area (Å²) < 4.78 is 25.7. The van der Waals surface area contributed by atoms with Crippen molar-refractivity contribution in [3.05, 3.63) is 88.2 Å². The number of hydrogen-bond donors (Lipinski definition) is 2. The highest BCUT2D eigenvalue weighted by Gasteiger charge is 2.48. The molecule has 8 heteroatoms. The Balaban J connectivity index is 1.49. The maximum Gasteiger partial charge on any atom is 0.309 e. The van der Waals surface area contributed by atoms with Gasteiger partial charge < -0.3 is 19.9 Å². The average Bonchev–Trinajstić information content (AvgIpc) is 3.37. The van der Waals surface area contributed by atoms with Gasteiger partial charge in [0.25, 0.3) is 0 Å². The Hall–Kier alpha value is -3.91. The smallest absolute Gasteiger partial charge is 0.309 e. The first kappa shape index (κ1) is 29.6. The molecule has 2 aliphatic rings. The second-order valence-electron chi connectivity index (χ2n) is 11.1. The lowest BCUT2D eigenvalue weighted by atomic mass is 9.82. The molecule has 5 rings (SSSR count). The van der Waals surface area contributed by atoms with E-state index in [4.69, 9.17) is 9.47 Å². The molecule has 7 nitrogen and oxygen atoms in total. The first-order chi connectivity index (χ1) is 20.3. The number of aliphatic carboxylic acids is 1. The number of carboxylic acids is 1. The van der Waals surface area contributed by atoms with Crippen LogP contribution >= 0.6 is 0 Å². The molecule has 2 heterocycles. The highest BCUT2D eigenvalue weighted by atomic mass is 19.1. The third-order valence-corrected chi connectivity index (χ3v) is 8.38. The van der Waals surface area contributed by atoms with E-state index in [1.54, 1.807) is 0 Å². The van der Waals surface area contributed by atoms with Gasteiger partial charge in [0, 0.05) is 24.2 Å². The van der Waals surface area contributed by atoms with Crippen LogP contribution in [0.1, 0.15) is 67.0 Å². The number of hydrogen-bond acceptors (Lipinski definition) is 5. The van der Waals surface area contributed by atoms with Crippen molar-refractivity contribution < 1.29 is 28.6 Å². The topological polar surface area (TPSA) is 88.1 Å². The molecule has 0 radical (unpaired) electrons. The first-order valence-electron chi connectivity index (χ1n) is 14.9. The van der Waals surface area contributed by atoms with Gasteiger partial charge in [-0.1, -0.05) is 57.5 Å². The monoisotopic (exact) mass is 574 g/mol. The number of carbonyl (C=O) groups is 2. The third kappa shape index (κ3) is 6.14. The minimum atomic E-state index is -0.916. The number of fused-ring (bicyclic) bond motifs is 1. The molecule has 2 aliphatic heterocycles. The largest absolute Gasteiger partial charge is 0.486 e. The van der Waals surface area contributed by atoms with E-state index in [2.05, 4.69) is 12.2 Å². The summed E-state index contributed by atoms with van der Waals surface area (Å²) in [6.07, 6.45) is 3.10. The molecule has 0 aromatic heterocycles. The van der Waals surface area contributed by atoms with Crippen LogP contribution in [-0.2, 0) is 28.9 Å². The van der Waals surface area contributed by atoms with Crippen molar-refractivity contribution in [3.8, 4) is 11.5 Å². The summed E-state index contributed by atoms with van der Waals surface area (Å²) in [4.78, 5) is 28.5. The Morgan fingerprint density at radius 2 is 1.57 bits per heavy atom. The number of benzene rings is 3. The van der Waals surface area contributed by atoms with E-state index in [1.807, 2.05) is 61.2 Å². The van der Waals surface area contributed by atoms with Crippen molar-refractivity contribution in [1.29, 1.82) is 0 Å². The summed E-state index contributed by atoms with van der Waals surface area (Å²) in [6.45, 7) is 7.26. The lowest BCUT2D eigenvalue weighted by Crippen LogP contribution is -2.35. The number of aryl methyl sites for hydroxylation is 3. The molecule has 3 atom stereocenters. The number of halogens is 1. The predicted molar refractivity (Wildman–Crippen MR) is 160 cm³/mol. The number of nitrogens with zero attached hydrogens (tertiary/aromatic N) is 1. The molecule has 3 aromatic carbocycles. The fraction of sp³-hybridized carbons (Fsp3) is 0.412. The van der Waals surface area contributed by atoms with Crippen LogP contribution < -0.4 is 14.8 Å². The number of nitrogens with one attached hydrogen (secondary N) is 1. The van der Waals surface area contributed by atoms with Crippen LogP contribution in [-0.4, -0.2) is 48.2 Å². The quantitative estimate of drug-likeness (QED) is 0.302. The molecule has 0 saturated carbocycles. The van der Waals surface area contributed by atoms with E-state index in [0.29, 0.717) is 49.8 Å². The molecular weight excluding hydrogens is 535 g/mol. The van der Waals surface area contributed by atoms with Gasteiger partial charge in [-0.25, -0.2) is 4.39 Å². The lowest BCUT2D eigenvalue weighted by Gasteiger charge is -2.27. The molecule has 2 N–H and O–H groups in total. The van der Waals surface area contributed by atoms with Gasteiger partial charge in [0.05, 0.1) is 12.5 Å². The van der Waals surface area contributed by atoms with E-state index >= 15 is 0 Å². The minimum absolute atomic E-state index is 0.00407.